The number of nitrogens with one attached hydrogen (secondary N) is 1. The molecule has 0 bridgehead atoms. The van der Waals surface area contributed by atoms with E-state index in [1.54, 1.807) is 13.3 Å². The molecule has 1 amide bonds. The third kappa shape index (κ3) is 4.86. The predicted molar refractivity (Wildman–Crippen MR) is 133 cm³/mol. The van der Waals surface area contributed by atoms with Crippen LogP contribution in [0.1, 0.15) is 16.8 Å². The molecule has 8 nitrogen and oxygen atoms in total. The Bertz CT molecular complexity index is 1210. The Morgan fingerprint density at radius 3 is 2.44 bits per heavy atom. The number of ether oxygens (including phenoxy) is 1. The van der Waals surface area contributed by atoms with E-state index in [9.17, 15) is 10.1 Å². The average molecular weight is 479 g/mol. The Labute approximate surface area is 204 Å². The first-order valence-corrected chi connectivity index (χ1v) is 11.4. The molecule has 4 rings (SSSR count). The van der Waals surface area contributed by atoms with Crippen LogP contribution in [0.15, 0.2) is 42.6 Å². The fourth-order valence-corrected chi connectivity index (χ4v) is 4.29. The molecule has 0 radical (unpaired) electrons. The summed E-state index contributed by atoms with van der Waals surface area (Å²) in [6, 6.07) is 13.5. The van der Waals surface area contributed by atoms with Crippen molar-refractivity contribution >= 4 is 29.1 Å². The van der Waals surface area contributed by atoms with Crippen LogP contribution in [0.3, 0.4) is 0 Å². The highest BCUT2D eigenvalue weighted by atomic mass is 35.5. The van der Waals surface area contributed by atoms with Crippen LogP contribution in [0.25, 0.3) is 5.69 Å². The number of carbonyl (C=O) groups excluding carboxylic acids is 1. The minimum atomic E-state index is -0.151. The standard InChI is InChI=1S/C25H27ClN6O2/c1-17-18(2)32(20-5-7-21(34-3)8-6-20)25(22(17)14-27)29-24(33)16-30-10-12-31(13-11-30)23-9-4-19(26)15-28-23/h4-9,15H,10-13,16H2,1-3H3,(H,29,33). The molecule has 1 aromatic carbocycles. The van der Waals surface area contributed by atoms with Crippen LogP contribution in [0, 0.1) is 25.2 Å². The molecule has 1 fully saturated rings. The van der Waals surface area contributed by atoms with E-state index < -0.39 is 0 Å². The lowest BCUT2D eigenvalue weighted by atomic mass is 10.2. The van der Waals surface area contributed by atoms with Gasteiger partial charge in [-0.25, -0.2) is 4.98 Å². The topological polar surface area (TPSA) is 86.4 Å². The molecule has 176 valence electrons. The molecule has 34 heavy (non-hydrogen) atoms. The zero-order valence-electron chi connectivity index (χ0n) is 19.5. The summed E-state index contributed by atoms with van der Waals surface area (Å²) in [4.78, 5) is 21.7. The average Bonchev–Trinajstić information content (AvgIpc) is 3.08. The second kappa shape index (κ2) is 10.2. The van der Waals surface area contributed by atoms with Crippen LogP contribution in [-0.4, -0.2) is 60.2 Å². The highest BCUT2D eigenvalue weighted by Crippen LogP contribution is 2.30. The molecule has 2 aromatic heterocycles. The van der Waals surface area contributed by atoms with Crippen molar-refractivity contribution < 1.29 is 9.53 Å². The van der Waals surface area contributed by atoms with E-state index in [1.165, 1.54) is 0 Å². The minimum absolute atomic E-state index is 0.151. The van der Waals surface area contributed by atoms with Gasteiger partial charge in [-0.3, -0.25) is 14.3 Å². The number of halogens is 1. The first-order valence-electron chi connectivity index (χ1n) is 11.1. The number of nitriles is 1. The van der Waals surface area contributed by atoms with Gasteiger partial charge in [0.1, 0.15) is 23.5 Å². The van der Waals surface area contributed by atoms with Crippen LogP contribution in [0.4, 0.5) is 11.6 Å². The highest BCUT2D eigenvalue weighted by molar-refractivity contribution is 6.30. The summed E-state index contributed by atoms with van der Waals surface area (Å²) in [5.74, 6) is 1.97. The highest BCUT2D eigenvalue weighted by Gasteiger charge is 2.23. The fraction of sp³-hybridized carbons (Fsp3) is 0.320. The van der Waals surface area contributed by atoms with Gasteiger partial charge in [-0.05, 0) is 55.8 Å². The maximum absolute atomic E-state index is 13.0. The van der Waals surface area contributed by atoms with E-state index in [-0.39, 0.29) is 12.5 Å². The summed E-state index contributed by atoms with van der Waals surface area (Å²) in [5, 5.41) is 13.4. The molecule has 3 heterocycles. The summed E-state index contributed by atoms with van der Waals surface area (Å²) >= 11 is 5.93. The molecular weight excluding hydrogens is 452 g/mol. The Balaban J connectivity index is 1.46. The number of carbonyl (C=O) groups is 1. The van der Waals surface area contributed by atoms with Gasteiger partial charge >= 0.3 is 0 Å². The molecule has 1 N–H and O–H groups in total. The third-order valence-electron chi connectivity index (χ3n) is 6.19. The normalized spacial score (nSPS) is 14.0. The number of hydrogen-bond acceptors (Lipinski definition) is 6. The number of pyridine rings is 1. The minimum Gasteiger partial charge on any atom is -0.497 e. The summed E-state index contributed by atoms with van der Waals surface area (Å²) in [6.07, 6.45) is 1.64. The number of aromatic nitrogens is 2. The summed E-state index contributed by atoms with van der Waals surface area (Å²) in [6.45, 7) is 7.10. The van der Waals surface area contributed by atoms with Crippen molar-refractivity contribution in [2.75, 3.05) is 50.1 Å². The summed E-state index contributed by atoms with van der Waals surface area (Å²) in [5.41, 5.74) is 3.07. The first kappa shape index (κ1) is 23.6. The van der Waals surface area contributed by atoms with Crippen LogP contribution in [0.5, 0.6) is 5.75 Å². The molecular formula is C25H27ClN6O2. The second-order valence-corrected chi connectivity index (χ2v) is 8.66. The van der Waals surface area contributed by atoms with Gasteiger partial charge in [0.05, 0.1) is 24.2 Å². The number of benzene rings is 1. The predicted octanol–water partition coefficient (Wildman–Crippen LogP) is 3.78. The maximum Gasteiger partial charge on any atom is 0.239 e. The Kier molecular flexibility index (Phi) is 7.06. The molecule has 3 aromatic rings. The molecule has 0 spiro atoms. The van der Waals surface area contributed by atoms with Gasteiger partial charge < -0.3 is 15.0 Å². The van der Waals surface area contributed by atoms with Gasteiger partial charge in [-0.15, -0.1) is 0 Å². The van der Waals surface area contributed by atoms with Crippen molar-refractivity contribution in [3.63, 3.8) is 0 Å². The van der Waals surface area contributed by atoms with E-state index in [2.05, 4.69) is 26.2 Å². The number of anilines is 2. The van der Waals surface area contributed by atoms with E-state index in [0.717, 1.165) is 54.7 Å². The zero-order chi connectivity index (χ0) is 24.2. The molecule has 1 saturated heterocycles. The van der Waals surface area contributed by atoms with Crippen molar-refractivity contribution in [1.82, 2.24) is 14.5 Å². The van der Waals surface area contributed by atoms with Gasteiger partial charge in [0.2, 0.25) is 5.91 Å². The van der Waals surface area contributed by atoms with Gasteiger partial charge in [-0.2, -0.15) is 5.26 Å². The van der Waals surface area contributed by atoms with Crippen molar-refractivity contribution in [1.29, 1.82) is 5.26 Å². The molecule has 1 aliphatic rings. The Morgan fingerprint density at radius 1 is 1.15 bits per heavy atom. The number of nitrogens with zero attached hydrogens (tertiary/aromatic N) is 5. The van der Waals surface area contributed by atoms with Gasteiger partial charge in [0.25, 0.3) is 0 Å². The van der Waals surface area contributed by atoms with Crippen molar-refractivity contribution in [3.05, 3.63) is 64.4 Å². The zero-order valence-corrected chi connectivity index (χ0v) is 20.3. The first-order chi connectivity index (χ1) is 16.4. The molecule has 0 saturated carbocycles. The van der Waals surface area contributed by atoms with Crippen LogP contribution in [-0.2, 0) is 4.79 Å². The van der Waals surface area contributed by atoms with Gasteiger partial charge in [-0.1, -0.05) is 11.6 Å². The van der Waals surface area contributed by atoms with E-state index in [1.807, 2.05) is 54.8 Å². The number of amides is 1. The molecule has 9 heteroatoms. The Morgan fingerprint density at radius 2 is 1.85 bits per heavy atom. The number of piperazine rings is 1. The molecule has 1 aliphatic heterocycles. The smallest absolute Gasteiger partial charge is 0.239 e. The van der Waals surface area contributed by atoms with Crippen LogP contribution in [0.2, 0.25) is 5.02 Å². The van der Waals surface area contributed by atoms with Gasteiger partial charge in [0, 0.05) is 43.8 Å². The largest absolute Gasteiger partial charge is 0.497 e. The fourth-order valence-electron chi connectivity index (χ4n) is 4.18. The quantitative estimate of drug-likeness (QED) is 0.580. The van der Waals surface area contributed by atoms with Crippen molar-refractivity contribution in [2.24, 2.45) is 0 Å². The van der Waals surface area contributed by atoms with E-state index in [4.69, 9.17) is 16.3 Å². The van der Waals surface area contributed by atoms with E-state index in [0.29, 0.717) is 16.4 Å². The van der Waals surface area contributed by atoms with Crippen LogP contribution >= 0.6 is 11.6 Å². The lowest BCUT2D eigenvalue weighted by Gasteiger charge is -2.35. The number of rotatable bonds is 6. The molecule has 0 unspecified atom stereocenters. The second-order valence-electron chi connectivity index (χ2n) is 8.23. The maximum atomic E-state index is 13.0. The Hall–Kier alpha value is -3.54. The third-order valence-corrected chi connectivity index (χ3v) is 6.41. The van der Waals surface area contributed by atoms with Crippen molar-refractivity contribution in [3.8, 4) is 17.5 Å². The monoisotopic (exact) mass is 478 g/mol. The van der Waals surface area contributed by atoms with E-state index >= 15 is 0 Å². The molecule has 0 aliphatic carbocycles. The summed E-state index contributed by atoms with van der Waals surface area (Å²) in [7, 11) is 1.62. The summed E-state index contributed by atoms with van der Waals surface area (Å²) < 4.78 is 7.17. The van der Waals surface area contributed by atoms with Crippen molar-refractivity contribution in [2.45, 2.75) is 13.8 Å². The van der Waals surface area contributed by atoms with Gasteiger partial charge in [0.15, 0.2) is 0 Å². The SMILES string of the molecule is COc1ccc(-n2c(C)c(C)c(C#N)c2NC(=O)CN2CCN(c3ccc(Cl)cn3)CC2)cc1. The number of methoxy groups -OCH3 is 1. The number of hydrogen-bond donors (Lipinski definition) is 1. The lowest BCUT2D eigenvalue weighted by Crippen LogP contribution is -2.49. The lowest BCUT2D eigenvalue weighted by molar-refractivity contribution is -0.117. The molecule has 0 atom stereocenters. The van der Waals surface area contributed by atoms with Crippen LogP contribution < -0.4 is 15.0 Å².